The lowest BCUT2D eigenvalue weighted by Crippen LogP contribution is -2.08. The van der Waals surface area contributed by atoms with Crippen LogP contribution in [0.5, 0.6) is 0 Å². The third kappa shape index (κ3) is 2.49. The monoisotopic (exact) mass is 287 g/mol. The normalized spacial score (nSPS) is 12.6. The summed E-state index contributed by atoms with van der Waals surface area (Å²) in [6, 6.07) is 7.58. The molecule has 0 unspecified atom stereocenters. The van der Waals surface area contributed by atoms with Gasteiger partial charge in [0.1, 0.15) is 5.82 Å². The molecule has 0 aliphatic carbocycles. The van der Waals surface area contributed by atoms with E-state index < -0.39 is 0 Å². The zero-order chi connectivity index (χ0) is 14.1. The Bertz CT molecular complexity index is 754. The van der Waals surface area contributed by atoms with Crippen molar-refractivity contribution in [3.8, 4) is 0 Å². The maximum atomic E-state index is 13.7. The Hall–Kier alpha value is -2.01. The molecule has 0 amide bonds. The van der Waals surface area contributed by atoms with Gasteiger partial charge in [0, 0.05) is 17.4 Å². The summed E-state index contributed by atoms with van der Waals surface area (Å²) in [5.41, 5.74) is 2.58. The van der Waals surface area contributed by atoms with Crippen LogP contribution in [0.4, 0.5) is 10.1 Å². The summed E-state index contributed by atoms with van der Waals surface area (Å²) in [6.07, 6.45) is 2.84. The third-order valence-electron chi connectivity index (χ3n) is 3.15. The van der Waals surface area contributed by atoms with Crippen molar-refractivity contribution in [3.05, 3.63) is 53.0 Å². The first-order valence-electron chi connectivity index (χ1n) is 6.36. The van der Waals surface area contributed by atoms with Crippen LogP contribution in [0.3, 0.4) is 0 Å². The van der Waals surface area contributed by atoms with E-state index in [2.05, 4.69) is 21.4 Å². The van der Waals surface area contributed by atoms with Crippen molar-refractivity contribution in [2.45, 2.75) is 19.9 Å². The molecule has 0 bridgehead atoms. The fraction of sp³-hybridized carbons (Fsp3) is 0.200. The minimum absolute atomic E-state index is 0.121. The molecule has 20 heavy (non-hydrogen) atoms. The maximum absolute atomic E-state index is 13.7. The second-order valence-electron chi connectivity index (χ2n) is 4.68. The Morgan fingerprint density at radius 1 is 1.30 bits per heavy atom. The molecule has 3 aromatic rings. The number of rotatable bonds is 3. The van der Waals surface area contributed by atoms with Gasteiger partial charge >= 0.3 is 0 Å². The second kappa shape index (κ2) is 5.17. The molecule has 0 saturated carbocycles. The van der Waals surface area contributed by atoms with Gasteiger partial charge < -0.3 is 5.32 Å². The molecular weight excluding hydrogens is 273 g/mol. The molecule has 0 fully saturated rings. The molecule has 102 valence electrons. The third-order valence-corrected chi connectivity index (χ3v) is 4.08. The Labute approximate surface area is 120 Å². The van der Waals surface area contributed by atoms with Crippen LogP contribution in [0.2, 0.25) is 0 Å². The Morgan fingerprint density at radius 3 is 2.95 bits per heavy atom. The zero-order valence-corrected chi connectivity index (χ0v) is 12.0. The van der Waals surface area contributed by atoms with Gasteiger partial charge in [-0.3, -0.25) is 4.98 Å². The number of hydrogen-bond acceptors (Lipinski definition) is 4. The van der Waals surface area contributed by atoms with E-state index in [1.54, 1.807) is 23.6 Å². The van der Waals surface area contributed by atoms with Crippen LogP contribution in [0, 0.1) is 12.7 Å². The summed E-state index contributed by atoms with van der Waals surface area (Å²) in [7, 11) is 0. The Balaban J connectivity index is 1.87. The summed E-state index contributed by atoms with van der Waals surface area (Å²) in [5, 5.41) is 4.36. The average Bonchev–Trinajstić information content (AvgIpc) is 2.78. The van der Waals surface area contributed by atoms with Gasteiger partial charge in [0.25, 0.3) is 0 Å². The molecule has 1 N–H and O–H groups in total. The van der Waals surface area contributed by atoms with Crippen molar-refractivity contribution in [2.24, 2.45) is 0 Å². The first-order valence-corrected chi connectivity index (χ1v) is 7.18. The maximum Gasteiger partial charge on any atom is 0.146 e. The highest BCUT2D eigenvalue weighted by Crippen LogP contribution is 2.27. The summed E-state index contributed by atoms with van der Waals surface area (Å²) in [6.45, 7) is 3.92. The molecule has 1 aromatic carbocycles. The van der Waals surface area contributed by atoms with Gasteiger partial charge in [-0.25, -0.2) is 9.37 Å². The fourth-order valence-electron chi connectivity index (χ4n) is 2.19. The first-order chi connectivity index (χ1) is 9.63. The van der Waals surface area contributed by atoms with E-state index in [0.717, 1.165) is 20.9 Å². The van der Waals surface area contributed by atoms with Crippen molar-refractivity contribution in [3.63, 3.8) is 0 Å². The van der Waals surface area contributed by atoms with Crippen molar-refractivity contribution in [1.29, 1.82) is 0 Å². The summed E-state index contributed by atoms with van der Waals surface area (Å²) in [5.74, 6) is -0.290. The van der Waals surface area contributed by atoms with Crippen molar-refractivity contribution in [1.82, 2.24) is 9.97 Å². The first kappa shape index (κ1) is 13.0. The molecule has 3 rings (SSSR count). The van der Waals surface area contributed by atoms with Crippen molar-refractivity contribution >= 4 is 27.2 Å². The molecule has 0 aliphatic rings. The topological polar surface area (TPSA) is 37.8 Å². The van der Waals surface area contributed by atoms with Gasteiger partial charge in [0.15, 0.2) is 0 Å². The highest BCUT2D eigenvalue weighted by Gasteiger charge is 2.11. The van der Waals surface area contributed by atoms with E-state index in [1.165, 1.54) is 6.20 Å². The summed E-state index contributed by atoms with van der Waals surface area (Å²) >= 11 is 1.66. The highest BCUT2D eigenvalue weighted by atomic mass is 32.1. The Kier molecular flexibility index (Phi) is 3.36. The SMILES string of the molecule is Cc1nc2ccc(N[C@H](C)c3ccncc3F)cc2s1. The highest BCUT2D eigenvalue weighted by molar-refractivity contribution is 7.18. The number of nitrogens with one attached hydrogen (secondary N) is 1. The van der Waals surface area contributed by atoms with E-state index in [0.29, 0.717) is 5.56 Å². The van der Waals surface area contributed by atoms with Gasteiger partial charge in [-0.05, 0) is 38.1 Å². The second-order valence-corrected chi connectivity index (χ2v) is 5.91. The van der Waals surface area contributed by atoms with Crippen LogP contribution >= 0.6 is 11.3 Å². The van der Waals surface area contributed by atoms with Gasteiger partial charge in [0.2, 0.25) is 0 Å². The number of anilines is 1. The number of halogens is 1. The van der Waals surface area contributed by atoms with Gasteiger partial charge in [-0.1, -0.05) is 0 Å². The number of thiazole rings is 1. The predicted molar refractivity (Wildman–Crippen MR) is 80.6 cm³/mol. The summed E-state index contributed by atoms with van der Waals surface area (Å²) < 4.78 is 14.8. The van der Waals surface area contributed by atoms with Crippen LogP contribution in [-0.2, 0) is 0 Å². The number of aromatic nitrogens is 2. The number of pyridine rings is 1. The largest absolute Gasteiger partial charge is 0.378 e. The van der Waals surface area contributed by atoms with E-state index in [1.807, 2.05) is 26.0 Å². The lowest BCUT2D eigenvalue weighted by Gasteiger charge is -2.16. The number of fused-ring (bicyclic) bond motifs is 1. The zero-order valence-electron chi connectivity index (χ0n) is 11.2. The molecule has 0 saturated heterocycles. The minimum atomic E-state index is -0.290. The number of benzene rings is 1. The fourth-order valence-corrected chi connectivity index (χ4v) is 3.06. The molecule has 0 aliphatic heterocycles. The molecule has 1 atom stereocenters. The lowest BCUT2D eigenvalue weighted by atomic mass is 10.1. The van der Waals surface area contributed by atoms with E-state index >= 15 is 0 Å². The van der Waals surface area contributed by atoms with Crippen LogP contribution < -0.4 is 5.32 Å². The van der Waals surface area contributed by atoms with Gasteiger partial charge in [-0.2, -0.15) is 0 Å². The van der Waals surface area contributed by atoms with E-state index in [9.17, 15) is 4.39 Å². The average molecular weight is 287 g/mol. The lowest BCUT2D eigenvalue weighted by molar-refractivity contribution is 0.594. The van der Waals surface area contributed by atoms with E-state index in [-0.39, 0.29) is 11.9 Å². The smallest absolute Gasteiger partial charge is 0.146 e. The molecule has 0 spiro atoms. The molecule has 0 radical (unpaired) electrons. The van der Waals surface area contributed by atoms with Crippen LogP contribution in [0.1, 0.15) is 23.5 Å². The minimum Gasteiger partial charge on any atom is -0.378 e. The molecule has 2 aromatic heterocycles. The van der Waals surface area contributed by atoms with Crippen LogP contribution in [-0.4, -0.2) is 9.97 Å². The molecule has 3 nitrogen and oxygen atoms in total. The number of hydrogen-bond donors (Lipinski definition) is 1. The number of aryl methyl sites for hydroxylation is 1. The standard InChI is InChI=1S/C15H14FN3S/c1-9(12-5-6-17-8-13(12)16)18-11-3-4-14-15(7-11)20-10(2)19-14/h3-9,18H,1-2H3/t9-/m1/s1. The quantitative estimate of drug-likeness (QED) is 0.780. The molecule has 5 heteroatoms. The molecule has 2 heterocycles. The summed E-state index contributed by atoms with van der Waals surface area (Å²) in [4.78, 5) is 8.20. The predicted octanol–water partition coefficient (Wildman–Crippen LogP) is 4.31. The Morgan fingerprint density at radius 2 is 2.15 bits per heavy atom. The van der Waals surface area contributed by atoms with Gasteiger partial charge in [-0.15, -0.1) is 11.3 Å². The van der Waals surface area contributed by atoms with Crippen LogP contribution in [0.25, 0.3) is 10.2 Å². The van der Waals surface area contributed by atoms with E-state index in [4.69, 9.17) is 0 Å². The number of nitrogens with zero attached hydrogens (tertiary/aromatic N) is 2. The van der Waals surface area contributed by atoms with Crippen molar-refractivity contribution in [2.75, 3.05) is 5.32 Å². The van der Waals surface area contributed by atoms with Crippen molar-refractivity contribution < 1.29 is 4.39 Å². The van der Waals surface area contributed by atoms with Gasteiger partial charge in [0.05, 0.1) is 27.5 Å². The molecular formula is C15H14FN3S. The van der Waals surface area contributed by atoms with Crippen LogP contribution in [0.15, 0.2) is 36.7 Å².